The van der Waals surface area contributed by atoms with Gasteiger partial charge in [0, 0.05) is 32.8 Å². The number of carbonyl (C=O) groups is 2. The number of carbonyl (C=O) groups excluding carboxylic acids is 2. The van der Waals surface area contributed by atoms with Crippen LogP contribution < -0.4 is 11.1 Å². The van der Waals surface area contributed by atoms with Crippen LogP contribution in [-0.4, -0.2) is 55.6 Å². The van der Waals surface area contributed by atoms with Gasteiger partial charge in [-0.3, -0.25) is 9.59 Å². The van der Waals surface area contributed by atoms with Crippen LogP contribution in [0.2, 0.25) is 0 Å². The molecule has 0 radical (unpaired) electrons. The van der Waals surface area contributed by atoms with E-state index in [-0.39, 0.29) is 6.10 Å². The fourth-order valence-electron chi connectivity index (χ4n) is 1.87. The molecule has 1 aliphatic heterocycles. The highest BCUT2D eigenvalue weighted by Crippen LogP contribution is 2.13. The average molecular weight is 243 g/mol. The second kappa shape index (κ2) is 7.24. The third-order valence-corrected chi connectivity index (χ3v) is 2.76. The molecule has 1 saturated heterocycles. The van der Waals surface area contributed by atoms with Gasteiger partial charge >= 0.3 is 11.8 Å². The maximum absolute atomic E-state index is 11.7. The van der Waals surface area contributed by atoms with Crippen LogP contribution in [0.4, 0.5) is 0 Å². The first-order chi connectivity index (χ1) is 8.19. The molecule has 0 spiro atoms. The molecule has 0 aromatic carbocycles. The Balaban J connectivity index is 2.32. The highest BCUT2D eigenvalue weighted by molar-refractivity contribution is 6.35. The van der Waals surface area contributed by atoms with E-state index in [1.54, 1.807) is 4.90 Å². The smallest absolute Gasteiger partial charge is 0.311 e. The summed E-state index contributed by atoms with van der Waals surface area (Å²) in [6, 6.07) is 0. The first-order valence-corrected chi connectivity index (χ1v) is 6.07. The Kier molecular flexibility index (Phi) is 5.93. The lowest BCUT2D eigenvalue weighted by Gasteiger charge is -2.31. The van der Waals surface area contributed by atoms with Crippen molar-refractivity contribution in [3.05, 3.63) is 0 Å². The Bertz CT molecular complexity index is 263. The number of hydrogen-bond donors (Lipinski definition) is 2. The standard InChI is InChI=1S/C11H21N3O3/c1-2-17-9-3-7-14(8-4-9)11(16)10(15)13-6-5-12/h9H,2-8,12H2,1H3,(H,13,15). The van der Waals surface area contributed by atoms with E-state index in [9.17, 15) is 9.59 Å². The van der Waals surface area contributed by atoms with E-state index in [2.05, 4.69) is 5.32 Å². The van der Waals surface area contributed by atoms with Gasteiger partial charge in [-0.1, -0.05) is 0 Å². The highest BCUT2D eigenvalue weighted by atomic mass is 16.5. The van der Waals surface area contributed by atoms with E-state index in [4.69, 9.17) is 10.5 Å². The zero-order chi connectivity index (χ0) is 12.7. The molecule has 0 atom stereocenters. The zero-order valence-corrected chi connectivity index (χ0v) is 10.3. The van der Waals surface area contributed by atoms with Crippen molar-refractivity contribution in [1.82, 2.24) is 10.2 Å². The Labute approximate surface area is 101 Å². The number of likely N-dealkylation sites (tertiary alicyclic amines) is 1. The van der Waals surface area contributed by atoms with Gasteiger partial charge in [0.25, 0.3) is 0 Å². The molecule has 0 bridgehead atoms. The maximum Gasteiger partial charge on any atom is 0.311 e. The van der Waals surface area contributed by atoms with E-state index < -0.39 is 11.8 Å². The molecule has 6 nitrogen and oxygen atoms in total. The lowest BCUT2D eigenvalue weighted by atomic mass is 10.1. The molecular formula is C11H21N3O3. The Morgan fingerprint density at radius 2 is 2.06 bits per heavy atom. The lowest BCUT2D eigenvalue weighted by Crippen LogP contribution is -2.48. The molecule has 0 aromatic heterocycles. The molecule has 0 aliphatic carbocycles. The van der Waals surface area contributed by atoms with Crippen LogP contribution in [0.25, 0.3) is 0 Å². The minimum atomic E-state index is -0.565. The van der Waals surface area contributed by atoms with Crippen molar-refractivity contribution in [3.63, 3.8) is 0 Å². The molecule has 0 aromatic rings. The van der Waals surface area contributed by atoms with Crippen molar-refractivity contribution in [1.29, 1.82) is 0 Å². The van der Waals surface area contributed by atoms with Crippen LogP contribution >= 0.6 is 0 Å². The molecule has 1 aliphatic rings. The fraction of sp³-hybridized carbons (Fsp3) is 0.818. The van der Waals surface area contributed by atoms with Crippen molar-refractivity contribution in [2.45, 2.75) is 25.9 Å². The minimum absolute atomic E-state index is 0.219. The quantitative estimate of drug-likeness (QED) is 0.626. The summed E-state index contributed by atoms with van der Waals surface area (Å²) in [6.07, 6.45) is 1.81. The summed E-state index contributed by atoms with van der Waals surface area (Å²) in [5.74, 6) is -1.03. The molecule has 0 saturated carbocycles. The van der Waals surface area contributed by atoms with Crippen LogP contribution in [0.1, 0.15) is 19.8 Å². The largest absolute Gasteiger partial charge is 0.378 e. The number of nitrogens with two attached hydrogens (primary N) is 1. The van der Waals surface area contributed by atoms with Crippen LogP contribution in [-0.2, 0) is 14.3 Å². The second-order valence-corrected chi connectivity index (χ2v) is 3.99. The first-order valence-electron chi connectivity index (χ1n) is 6.07. The van der Waals surface area contributed by atoms with Gasteiger partial charge in [0.15, 0.2) is 0 Å². The number of ether oxygens (including phenoxy) is 1. The summed E-state index contributed by atoms with van der Waals surface area (Å²) in [4.78, 5) is 24.7. The number of rotatable bonds is 4. The molecule has 2 amide bonds. The molecule has 3 N–H and O–H groups in total. The fourth-order valence-corrected chi connectivity index (χ4v) is 1.87. The van der Waals surface area contributed by atoms with E-state index in [1.807, 2.05) is 6.92 Å². The van der Waals surface area contributed by atoms with Gasteiger partial charge in [0.2, 0.25) is 0 Å². The van der Waals surface area contributed by atoms with E-state index in [0.717, 1.165) is 12.8 Å². The van der Waals surface area contributed by atoms with Crippen molar-refractivity contribution in [3.8, 4) is 0 Å². The number of nitrogens with zero attached hydrogens (tertiary/aromatic N) is 1. The maximum atomic E-state index is 11.7. The predicted octanol–water partition coefficient (Wildman–Crippen LogP) is -0.911. The summed E-state index contributed by atoms with van der Waals surface area (Å²) < 4.78 is 5.48. The summed E-state index contributed by atoms with van der Waals surface area (Å²) in [5.41, 5.74) is 5.25. The van der Waals surface area contributed by atoms with Crippen LogP contribution in [0, 0.1) is 0 Å². The third-order valence-electron chi connectivity index (χ3n) is 2.76. The van der Waals surface area contributed by atoms with Crippen molar-refractivity contribution in [2.75, 3.05) is 32.8 Å². The van der Waals surface area contributed by atoms with Gasteiger partial charge < -0.3 is 20.7 Å². The summed E-state index contributed by atoms with van der Waals surface area (Å²) in [5, 5.41) is 2.48. The monoisotopic (exact) mass is 243 g/mol. The van der Waals surface area contributed by atoms with Crippen molar-refractivity contribution in [2.24, 2.45) is 5.73 Å². The van der Waals surface area contributed by atoms with E-state index in [1.165, 1.54) is 0 Å². The molecule has 1 fully saturated rings. The third kappa shape index (κ3) is 4.32. The highest BCUT2D eigenvalue weighted by Gasteiger charge is 2.26. The van der Waals surface area contributed by atoms with Gasteiger partial charge in [-0.05, 0) is 19.8 Å². The van der Waals surface area contributed by atoms with Gasteiger partial charge in [-0.15, -0.1) is 0 Å². The molecule has 98 valence electrons. The van der Waals surface area contributed by atoms with Crippen LogP contribution in [0.5, 0.6) is 0 Å². The number of hydrogen-bond acceptors (Lipinski definition) is 4. The van der Waals surface area contributed by atoms with Gasteiger partial charge in [0.05, 0.1) is 6.10 Å². The Morgan fingerprint density at radius 1 is 1.41 bits per heavy atom. The Hall–Kier alpha value is -1.14. The summed E-state index contributed by atoms with van der Waals surface area (Å²) in [7, 11) is 0. The molecule has 17 heavy (non-hydrogen) atoms. The molecule has 0 unspecified atom stereocenters. The summed E-state index contributed by atoms with van der Waals surface area (Å²) >= 11 is 0. The molecule has 1 heterocycles. The minimum Gasteiger partial charge on any atom is -0.378 e. The Morgan fingerprint density at radius 3 is 2.59 bits per heavy atom. The zero-order valence-electron chi connectivity index (χ0n) is 10.3. The predicted molar refractivity (Wildman–Crippen MR) is 63.3 cm³/mol. The molecular weight excluding hydrogens is 222 g/mol. The normalized spacial score (nSPS) is 16.9. The van der Waals surface area contributed by atoms with Crippen LogP contribution in [0.15, 0.2) is 0 Å². The topological polar surface area (TPSA) is 84.7 Å². The van der Waals surface area contributed by atoms with Crippen LogP contribution in [0.3, 0.4) is 0 Å². The van der Waals surface area contributed by atoms with E-state index >= 15 is 0 Å². The van der Waals surface area contributed by atoms with E-state index in [0.29, 0.717) is 32.8 Å². The van der Waals surface area contributed by atoms with Gasteiger partial charge in [-0.2, -0.15) is 0 Å². The number of nitrogens with one attached hydrogen (secondary N) is 1. The number of piperidine rings is 1. The average Bonchev–Trinajstić information content (AvgIpc) is 2.36. The lowest BCUT2D eigenvalue weighted by molar-refractivity contribution is -0.147. The number of amides is 2. The summed E-state index contributed by atoms with van der Waals surface area (Å²) in [6.45, 7) is 4.48. The first kappa shape index (κ1) is 13.9. The van der Waals surface area contributed by atoms with Gasteiger partial charge in [0.1, 0.15) is 0 Å². The molecule has 1 rings (SSSR count). The van der Waals surface area contributed by atoms with Gasteiger partial charge in [-0.25, -0.2) is 0 Å². The van der Waals surface area contributed by atoms with Crippen molar-refractivity contribution < 1.29 is 14.3 Å². The molecule has 6 heteroatoms. The SMILES string of the molecule is CCOC1CCN(C(=O)C(=O)NCCN)CC1. The van der Waals surface area contributed by atoms with Crippen molar-refractivity contribution >= 4 is 11.8 Å². The second-order valence-electron chi connectivity index (χ2n) is 3.99.